The molecule has 3 rings (SSSR count). The number of nitrogens with zero attached hydrogens (tertiary/aromatic N) is 1. The van der Waals surface area contributed by atoms with Gasteiger partial charge in [-0.3, -0.25) is 4.79 Å². The fraction of sp³-hybridized carbons (Fsp3) is 0.143. The van der Waals surface area contributed by atoms with Gasteiger partial charge in [-0.2, -0.15) is 0 Å². The lowest BCUT2D eigenvalue weighted by atomic mass is 10.1. The Labute approximate surface area is 112 Å². The minimum atomic E-state index is -1.18. The molecule has 0 saturated heterocycles. The molecular formula is C14H11NO3S. The van der Waals surface area contributed by atoms with Crippen LogP contribution in [0.5, 0.6) is 0 Å². The van der Waals surface area contributed by atoms with Gasteiger partial charge >= 0.3 is 5.97 Å². The molecule has 0 saturated carbocycles. The van der Waals surface area contributed by atoms with Crippen LogP contribution in [0.15, 0.2) is 35.3 Å². The Hall–Kier alpha value is -2.14. The van der Waals surface area contributed by atoms with Gasteiger partial charge < -0.3 is 9.67 Å². The average Bonchev–Trinajstić information content (AvgIpc) is 2.78. The quantitative estimate of drug-likeness (QED) is 0.781. The molecule has 4 nitrogen and oxygen atoms in total. The first kappa shape index (κ1) is 11.9. The van der Waals surface area contributed by atoms with Crippen LogP contribution in [0.4, 0.5) is 0 Å². The number of aromatic carboxylic acids is 1. The molecule has 0 radical (unpaired) electrons. The minimum absolute atomic E-state index is 0.169. The fourth-order valence-electron chi connectivity index (χ4n) is 2.25. The van der Waals surface area contributed by atoms with E-state index in [0.29, 0.717) is 11.9 Å². The number of carbonyl (C=O) groups is 1. The van der Waals surface area contributed by atoms with E-state index in [-0.39, 0.29) is 5.56 Å². The van der Waals surface area contributed by atoms with Gasteiger partial charge in [0.05, 0.1) is 5.39 Å². The van der Waals surface area contributed by atoms with E-state index >= 15 is 0 Å². The Morgan fingerprint density at radius 1 is 1.37 bits per heavy atom. The highest BCUT2D eigenvalue weighted by Crippen LogP contribution is 2.31. The Kier molecular flexibility index (Phi) is 2.64. The van der Waals surface area contributed by atoms with Gasteiger partial charge in [0.2, 0.25) is 5.43 Å². The fourth-order valence-corrected chi connectivity index (χ4v) is 3.49. The second-order valence-electron chi connectivity index (χ2n) is 4.24. The van der Waals surface area contributed by atoms with Crippen LogP contribution in [0, 0.1) is 0 Å². The third-order valence-electron chi connectivity index (χ3n) is 3.17. The van der Waals surface area contributed by atoms with Crippen molar-refractivity contribution in [1.29, 1.82) is 0 Å². The first-order chi connectivity index (χ1) is 9.13. The predicted molar refractivity (Wildman–Crippen MR) is 76.2 cm³/mol. The smallest absolute Gasteiger partial charge is 0.341 e. The van der Waals surface area contributed by atoms with Gasteiger partial charge in [0.1, 0.15) is 10.4 Å². The molecule has 2 heterocycles. The topological polar surface area (TPSA) is 59.3 Å². The van der Waals surface area contributed by atoms with Gasteiger partial charge in [-0.05, 0) is 13.0 Å². The van der Waals surface area contributed by atoms with Crippen molar-refractivity contribution in [3.8, 4) is 0 Å². The van der Waals surface area contributed by atoms with Gasteiger partial charge in [-0.25, -0.2) is 4.79 Å². The Morgan fingerprint density at radius 2 is 2.11 bits per heavy atom. The van der Waals surface area contributed by atoms with Crippen molar-refractivity contribution < 1.29 is 9.90 Å². The molecule has 0 amide bonds. The Balaban J connectivity index is 2.60. The molecule has 5 heteroatoms. The highest BCUT2D eigenvalue weighted by Gasteiger charge is 2.17. The number of fused-ring (bicyclic) bond motifs is 3. The molecule has 0 fully saturated rings. The van der Waals surface area contributed by atoms with E-state index < -0.39 is 11.4 Å². The summed E-state index contributed by atoms with van der Waals surface area (Å²) in [6.07, 6.45) is 1.43. The van der Waals surface area contributed by atoms with Crippen LogP contribution >= 0.6 is 11.3 Å². The summed E-state index contributed by atoms with van der Waals surface area (Å²) in [7, 11) is 0. The summed E-state index contributed by atoms with van der Waals surface area (Å²) in [5.41, 5.74) is -0.567. The number of thiophene rings is 1. The number of pyridine rings is 1. The molecule has 0 aliphatic heterocycles. The predicted octanol–water partition coefficient (Wildman–Crippen LogP) is 2.93. The Bertz CT molecular complexity index is 860. The second kappa shape index (κ2) is 4.20. The molecule has 0 aliphatic rings. The Morgan fingerprint density at radius 3 is 2.79 bits per heavy atom. The number of aromatic nitrogens is 1. The third-order valence-corrected chi connectivity index (χ3v) is 4.37. The van der Waals surface area contributed by atoms with Gasteiger partial charge in [0, 0.05) is 22.8 Å². The van der Waals surface area contributed by atoms with E-state index in [1.54, 1.807) is 0 Å². The van der Waals surface area contributed by atoms with Crippen LogP contribution in [0.25, 0.3) is 20.3 Å². The van der Waals surface area contributed by atoms with E-state index in [0.717, 1.165) is 14.9 Å². The summed E-state index contributed by atoms with van der Waals surface area (Å²) in [5.74, 6) is -1.18. The van der Waals surface area contributed by atoms with E-state index in [2.05, 4.69) is 0 Å². The maximum Gasteiger partial charge on any atom is 0.341 e. The van der Waals surface area contributed by atoms with E-state index in [1.165, 1.54) is 17.5 Å². The first-order valence-corrected chi connectivity index (χ1v) is 6.73. The minimum Gasteiger partial charge on any atom is -0.477 e. The van der Waals surface area contributed by atoms with Gasteiger partial charge in [0.25, 0.3) is 0 Å². The molecular weight excluding hydrogens is 262 g/mol. The standard InChI is InChI=1S/C14H11NO3S/c1-2-15-7-9(14(17)18)12(16)11-8-5-3-4-6-10(8)19-13(11)15/h3-7H,2H2,1H3,(H,17,18). The summed E-state index contributed by atoms with van der Waals surface area (Å²) in [5, 5.41) is 10.5. The zero-order chi connectivity index (χ0) is 13.6. The summed E-state index contributed by atoms with van der Waals surface area (Å²) in [6, 6.07) is 7.58. The summed E-state index contributed by atoms with van der Waals surface area (Å²) >= 11 is 1.52. The lowest BCUT2D eigenvalue weighted by molar-refractivity contribution is 0.0695. The van der Waals surface area contributed by atoms with Crippen LogP contribution in [0.1, 0.15) is 17.3 Å². The van der Waals surface area contributed by atoms with E-state index in [4.69, 9.17) is 5.11 Å². The van der Waals surface area contributed by atoms with Crippen LogP contribution in [-0.4, -0.2) is 15.6 Å². The lowest BCUT2D eigenvalue weighted by Crippen LogP contribution is -2.17. The molecule has 19 heavy (non-hydrogen) atoms. The van der Waals surface area contributed by atoms with Crippen molar-refractivity contribution in [1.82, 2.24) is 4.57 Å². The lowest BCUT2D eigenvalue weighted by Gasteiger charge is -2.05. The summed E-state index contributed by atoms with van der Waals surface area (Å²) < 4.78 is 2.82. The van der Waals surface area contributed by atoms with Crippen molar-refractivity contribution in [2.45, 2.75) is 13.5 Å². The van der Waals surface area contributed by atoms with Crippen LogP contribution in [0.2, 0.25) is 0 Å². The molecule has 96 valence electrons. The van der Waals surface area contributed by atoms with Gasteiger partial charge in [-0.1, -0.05) is 18.2 Å². The molecule has 0 unspecified atom stereocenters. The summed E-state index contributed by atoms with van der Waals surface area (Å²) in [4.78, 5) is 24.3. The summed E-state index contributed by atoms with van der Waals surface area (Å²) in [6.45, 7) is 2.56. The third kappa shape index (κ3) is 1.66. The maximum atomic E-state index is 12.3. The highest BCUT2D eigenvalue weighted by molar-refractivity contribution is 7.25. The zero-order valence-corrected chi connectivity index (χ0v) is 11.0. The molecule has 1 aromatic carbocycles. The van der Waals surface area contributed by atoms with Gasteiger partial charge in [0.15, 0.2) is 0 Å². The highest BCUT2D eigenvalue weighted by atomic mass is 32.1. The average molecular weight is 273 g/mol. The first-order valence-electron chi connectivity index (χ1n) is 5.91. The van der Waals surface area contributed by atoms with Crippen LogP contribution in [0.3, 0.4) is 0 Å². The molecule has 1 N–H and O–H groups in total. The number of hydrogen-bond donors (Lipinski definition) is 1. The molecule has 0 bridgehead atoms. The number of carboxylic acids is 1. The van der Waals surface area contributed by atoms with Crippen molar-refractivity contribution in [3.63, 3.8) is 0 Å². The number of benzene rings is 1. The zero-order valence-electron chi connectivity index (χ0n) is 10.2. The monoisotopic (exact) mass is 273 g/mol. The number of hydrogen-bond acceptors (Lipinski definition) is 3. The van der Waals surface area contributed by atoms with Crippen LogP contribution in [-0.2, 0) is 6.54 Å². The molecule has 0 spiro atoms. The van der Waals surface area contributed by atoms with E-state index in [9.17, 15) is 9.59 Å². The van der Waals surface area contributed by atoms with E-state index in [1.807, 2.05) is 35.8 Å². The SMILES string of the molecule is CCn1cc(C(=O)O)c(=O)c2c3ccccc3sc21. The number of rotatable bonds is 2. The maximum absolute atomic E-state index is 12.3. The molecule has 2 aromatic heterocycles. The van der Waals surface area contributed by atoms with Crippen molar-refractivity contribution in [2.24, 2.45) is 0 Å². The molecule has 0 atom stereocenters. The normalized spacial score (nSPS) is 11.2. The molecule has 3 aromatic rings. The number of carboxylic acid groups (broad SMARTS) is 1. The van der Waals surface area contributed by atoms with Crippen molar-refractivity contribution >= 4 is 37.6 Å². The largest absolute Gasteiger partial charge is 0.477 e. The molecule has 0 aliphatic carbocycles. The second-order valence-corrected chi connectivity index (χ2v) is 5.27. The van der Waals surface area contributed by atoms with Crippen molar-refractivity contribution in [3.05, 3.63) is 46.2 Å². The number of aryl methyl sites for hydroxylation is 1. The van der Waals surface area contributed by atoms with Crippen LogP contribution < -0.4 is 5.43 Å². The van der Waals surface area contributed by atoms with Gasteiger partial charge in [-0.15, -0.1) is 11.3 Å². The van der Waals surface area contributed by atoms with Crippen molar-refractivity contribution in [2.75, 3.05) is 0 Å².